The number of thiazole rings is 1. The van der Waals surface area contributed by atoms with Crippen LogP contribution in [0.5, 0.6) is 0 Å². The van der Waals surface area contributed by atoms with Crippen molar-refractivity contribution in [2.45, 2.75) is 33.7 Å². The average molecular weight is 443 g/mol. The van der Waals surface area contributed by atoms with Gasteiger partial charge in [0.1, 0.15) is 17.6 Å². The molecule has 0 spiro atoms. The van der Waals surface area contributed by atoms with E-state index >= 15 is 0 Å². The SMILES string of the molecule is CC1=C(C(=O)OCC(C)C)[C@H](c2cccs2)n2c(s/c(=C/c3ccc(C)o3)c2=O)=N1. The number of furan rings is 1. The molecule has 1 aliphatic rings. The lowest BCUT2D eigenvalue weighted by Crippen LogP contribution is -2.39. The van der Waals surface area contributed by atoms with Crippen LogP contribution in [0.15, 0.2) is 55.1 Å². The minimum Gasteiger partial charge on any atom is -0.462 e. The van der Waals surface area contributed by atoms with Gasteiger partial charge in [-0.2, -0.15) is 0 Å². The highest BCUT2D eigenvalue weighted by Gasteiger charge is 2.34. The van der Waals surface area contributed by atoms with Gasteiger partial charge in [0, 0.05) is 11.0 Å². The molecule has 0 unspecified atom stereocenters. The largest absolute Gasteiger partial charge is 0.462 e. The number of carbonyl (C=O) groups is 1. The van der Waals surface area contributed by atoms with Gasteiger partial charge in [-0.1, -0.05) is 31.3 Å². The topological polar surface area (TPSA) is 73.8 Å². The molecule has 0 radical (unpaired) electrons. The Balaban J connectivity index is 1.87. The zero-order valence-electron chi connectivity index (χ0n) is 17.2. The van der Waals surface area contributed by atoms with E-state index in [1.807, 2.05) is 50.4 Å². The molecule has 0 bridgehead atoms. The van der Waals surface area contributed by atoms with E-state index in [2.05, 4.69) is 4.99 Å². The van der Waals surface area contributed by atoms with Gasteiger partial charge >= 0.3 is 5.97 Å². The summed E-state index contributed by atoms with van der Waals surface area (Å²) in [5.41, 5.74) is 0.780. The van der Waals surface area contributed by atoms with Gasteiger partial charge in [-0.05, 0) is 43.3 Å². The number of thiophene rings is 1. The van der Waals surface area contributed by atoms with Crippen molar-refractivity contribution in [2.75, 3.05) is 6.61 Å². The van der Waals surface area contributed by atoms with Gasteiger partial charge < -0.3 is 9.15 Å². The Morgan fingerprint density at radius 3 is 2.77 bits per heavy atom. The first-order valence-corrected chi connectivity index (χ1v) is 11.3. The summed E-state index contributed by atoms with van der Waals surface area (Å²) in [6.07, 6.45) is 1.72. The van der Waals surface area contributed by atoms with Crippen molar-refractivity contribution < 1.29 is 13.9 Å². The first-order chi connectivity index (χ1) is 14.3. The molecule has 1 atom stereocenters. The third kappa shape index (κ3) is 3.85. The predicted molar refractivity (Wildman–Crippen MR) is 117 cm³/mol. The zero-order chi connectivity index (χ0) is 21.4. The highest BCUT2D eigenvalue weighted by molar-refractivity contribution is 7.10. The van der Waals surface area contributed by atoms with Crippen LogP contribution in [-0.2, 0) is 9.53 Å². The molecule has 3 aromatic heterocycles. The number of esters is 1. The molecule has 0 N–H and O–H groups in total. The number of rotatable bonds is 5. The first kappa shape index (κ1) is 20.6. The van der Waals surface area contributed by atoms with Crippen LogP contribution < -0.4 is 14.9 Å². The molecule has 4 heterocycles. The molecule has 156 valence electrons. The summed E-state index contributed by atoms with van der Waals surface area (Å²) in [6.45, 7) is 7.93. The van der Waals surface area contributed by atoms with Gasteiger partial charge in [-0.25, -0.2) is 9.79 Å². The van der Waals surface area contributed by atoms with Crippen LogP contribution in [-0.4, -0.2) is 17.1 Å². The van der Waals surface area contributed by atoms with E-state index in [0.29, 0.717) is 33.0 Å². The highest BCUT2D eigenvalue weighted by Crippen LogP contribution is 2.33. The number of hydrogen-bond acceptors (Lipinski definition) is 7. The molecule has 4 rings (SSSR count). The number of carbonyl (C=O) groups excluding carboxylic acids is 1. The molecule has 0 amide bonds. The van der Waals surface area contributed by atoms with Crippen LogP contribution in [0.4, 0.5) is 0 Å². The van der Waals surface area contributed by atoms with Crippen molar-refractivity contribution in [3.63, 3.8) is 0 Å². The molecule has 0 aliphatic carbocycles. The van der Waals surface area contributed by atoms with Gasteiger partial charge in [-0.3, -0.25) is 9.36 Å². The van der Waals surface area contributed by atoms with Crippen LogP contribution in [0.3, 0.4) is 0 Å². The van der Waals surface area contributed by atoms with Crippen LogP contribution in [0, 0.1) is 12.8 Å². The minimum absolute atomic E-state index is 0.201. The van der Waals surface area contributed by atoms with Gasteiger partial charge in [0.15, 0.2) is 4.80 Å². The standard InChI is InChI=1S/C22H22N2O4S2/c1-12(2)11-27-21(26)18-14(4)23-22-24(19(18)16-6-5-9-29-16)20(25)17(30-22)10-15-8-7-13(3)28-15/h5-10,12,19H,11H2,1-4H3/b17-10+/t19-/m0/s1. The van der Waals surface area contributed by atoms with E-state index in [9.17, 15) is 9.59 Å². The third-order valence-corrected chi connectivity index (χ3v) is 6.54. The second-order valence-corrected chi connectivity index (χ2v) is 9.53. The molecule has 30 heavy (non-hydrogen) atoms. The number of ether oxygens (including phenoxy) is 1. The number of nitrogens with zero attached hydrogens (tertiary/aromatic N) is 2. The molecule has 0 saturated heterocycles. The number of aromatic nitrogens is 1. The summed E-state index contributed by atoms with van der Waals surface area (Å²) in [7, 11) is 0. The van der Waals surface area contributed by atoms with Crippen molar-refractivity contribution >= 4 is 34.7 Å². The lowest BCUT2D eigenvalue weighted by molar-refractivity contribution is -0.140. The molecule has 3 aromatic rings. The second-order valence-electron chi connectivity index (χ2n) is 7.54. The second kappa shape index (κ2) is 8.20. The van der Waals surface area contributed by atoms with E-state index in [4.69, 9.17) is 9.15 Å². The Hall–Kier alpha value is -2.71. The summed E-state index contributed by atoms with van der Waals surface area (Å²) in [5, 5.41) is 1.93. The lowest BCUT2D eigenvalue weighted by Gasteiger charge is -2.23. The average Bonchev–Trinajstić information content (AvgIpc) is 3.41. The van der Waals surface area contributed by atoms with Crippen LogP contribution in [0.2, 0.25) is 0 Å². The summed E-state index contributed by atoms with van der Waals surface area (Å²) >= 11 is 2.79. The predicted octanol–water partition coefficient (Wildman–Crippen LogP) is 3.40. The van der Waals surface area contributed by atoms with Crippen molar-refractivity contribution in [3.8, 4) is 0 Å². The zero-order valence-corrected chi connectivity index (χ0v) is 18.8. The molecule has 0 aromatic carbocycles. The molecule has 0 fully saturated rings. The Morgan fingerprint density at radius 2 is 2.13 bits per heavy atom. The molecule has 6 nitrogen and oxygen atoms in total. The highest BCUT2D eigenvalue weighted by atomic mass is 32.1. The fourth-order valence-corrected chi connectivity index (χ4v) is 5.13. The number of aryl methyl sites for hydroxylation is 1. The molecular formula is C22H22N2O4S2. The van der Waals surface area contributed by atoms with Crippen molar-refractivity contribution in [1.82, 2.24) is 4.57 Å². The summed E-state index contributed by atoms with van der Waals surface area (Å²) < 4.78 is 13.2. The number of allylic oxidation sites excluding steroid dienone is 1. The van der Waals surface area contributed by atoms with Crippen LogP contribution in [0.25, 0.3) is 6.08 Å². The quantitative estimate of drug-likeness (QED) is 0.568. The third-order valence-electron chi connectivity index (χ3n) is 4.64. The smallest absolute Gasteiger partial charge is 0.338 e. The lowest BCUT2D eigenvalue weighted by atomic mass is 10.0. The van der Waals surface area contributed by atoms with E-state index < -0.39 is 12.0 Å². The van der Waals surface area contributed by atoms with E-state index in [1.54, 1.807) is 17.6 Å². The maximum atomic E-state index is 13.3. The van der Waals surface area contributed by atoms with Gasteiger partial charge in [-0.15, -0.1) is 11.3 Å². The van der Waals surface area contributed by atoms with Crippen molar-refractivity contribution in [2.24, 2.45) is 10.9 Å². The Labute approximate surface area is 181 Å². The van der Waals surface area contributed by atoms with Gasteiger partial charge in [0.05, 0.1) is 22.4 Å². The normalized spacial score (nSPS) is 16.7. The van der Waals surface area contributed by atoms with Gasteiger partial charge in [0.25, 0.3) is 5.56 Å². The first-order valence-electron chi connectivity index (χ1n) is 9.64. The summed E-state index contributed by atoms with van der Waals surface area (Å²) in [4.78, 5) is 32.3. The molecule has 1 aliphatic heterocycles. The van der Waals surface area contributed by atoms with E-state index in [1.165, 1.54) is 22.7 Å². The molecule has 0 saturated carbocycles. The summed E-state index contributed by atoms with van der Waals surface area (Å²) in [6, 6.07) is 6.96. The molecule has 8 heteroatoms. The maximum absolute atomic E-state index is 13.3. The van der Waals surface area contributed by atoms with Crippen molar-refractivity contribution in [1.29, 1.82) is 0 Å². The van der Waals surface area contributed by atoms with Crippen LogP contribution >= 0.6 is 22.7 Å². The van der Waals surface area contributed by atoms with E-state index in [-0.39, 0.29) is 11.5 Å². The number of fused-ring (bicyclic) bond motifs is 1. The van der Waals surface area contributed by atoms with Crippen LogP contribution in [0.1, 0.15) is 43.2 Å². The number of hydrogen-bond donors (Lipinski definition) is 0. The fraction of sp³-hybridized carbons (Fsp3) is 0.318. The fourth-order valence-electron chi connectivity index (χ4n) is 3.28. The Kier molecular flexibility index (Phi) is 5.62. The Bertz CT molecular complexity index is 1290. The van der Waals surface area contributed by atoms with Crippen molar-refractivity contribution in [3.05, 3.63) is 77.0 Å². The summed E-state index contributed by atoms with van der Waals surface area (Å²) in [5.74, 6) is 1.17. The molecular weight excluding hydrogens is 420 g/mol. The monoisotopic (exact) mass is 442 g/mol. The minimum atomic E-state index is -0.554. The Morgan fingerprint density at radius 1 is 1.33 bits per heavy atom. The van der Waals surface area contributed by atoms with E-state index in [0.717, 1.165) is 10.6 Å². The van der Waals surface area contributed by atoms with Gasteiger partial charge in [0.2, 0.25) is 0 Å². The maximum Gasteiger partial charge on any atom is 0.338 e.